The summed E-state index contributed by atoms with van der Waals surface area (Å²) in [6, 6.07) is 2.07. The highest BCUT2D eigenvalue weighted by Gasteiger charge is 2.14. The van der Waals surface area contributed by atoms with Crippen LogP contribution >= 0.6 is 0 Å². The molecule has 7 nitrogen and oxygen atoms in total. The molecule has 0 radical (unpaired) electrons. The summed E-state index contributed by atoms with van der Waals surface area (Å²) in [7, 11) is 0. The molecule has 2 heterocycles. The molecular weight excluding hydrogens is 282 g/mol. The van der Waals surface area contributed by atoms with E-state index in [9.17, 15) is 4.79 Å². The first-order valence-electron chi connectivity index (χ1n) is 7.20. The number of hydrogen-bond donors (Lipinski definition) is 2. The molecule has 7 heteroatoms. The number of nitriles is 1. The van der Waals surface area contributed by atoms with Crippen molar-refractivity contribution in [1.82, 2.24) is 19.9 Å². The molecule has 1 amide bonds. The van der Waals surface area contributed by atoms with Gasteiger partial charge in [0.1, 0.15) is 11.6 Å². The van der Waals surface area contributed by atoms with Gasteiger partial charge in [0.05, 0.1) is 6.20 Å². The summed E-state index contributed by atoms with van der Waals surface area (Å²) in [5.74, 6) is -0.0504. The average molecular weight is 301 g/mol. The summed E-state index contributed by atoms with van der Waals surface area (Å²) < 4.78 is 1.64. The number of amides is 1. The van der Waals surface area contributed by atoms with Gasteiger partial charge in [-0.05, 0) is 32.3 Å². The molecule has 0 aromatic carbocycles. The van der Waals surface area contributed by atoms with Gasteiger partial charge in [-0.1, -0.05) is 0 Å². The Morgan fingerprint density at radius 3 is 2.95 bits per heavy atom. The first-order chi connectivity index (χ1) is 10.6. The number of aryl methyl sites for hydroxylation is 2. The number of hydrogen-bond acceptors (Lipinski definition) is 5. The van der Waals surface area contributed by atoms with Crippen LogP contribution < -0.4 is 5.32 Å². The number of aliphatic hydroxyl groups is 1. The second kappa shape index (κ2) is 7.00. The highest BCUT2D eigenvalue weighted by atomic mass is 16.3. The predicted molar refractivity (Wildman–Crippen MR) is 80.2 cm³/mol. The van der Waals surface area contributed by atoms with Gasteiger partial charge in [0, 0.05) is 31.0 Å². The second-order valence-corrected chi connectivity index (χ2v) is 5.09. The van der Waals surface area contributed by atoms with E-state index in [4.69, 9.17) is 10.4 Å². The van der Waals surface area contributed by atoms with Crippen molar-refractivity contribution in [2.75, 3.05) is 13.2 Å². The maximum absolute atomic E-state index is 11.7. The van der Waals surface area contributed by atoms with Crippen molar-refractivity contribution in [2.24, 2.45) is 0 Å². The monoisotopic (exact) mass is 301 g/mol. The van der Waals surface area contributed by atoms with E-state index in [-0.39, 0.29) is 12.5 Å². The molecule has 0 unspecified atom stereocenters. The third-order valence-electron chi connectivity index (χ3n) is 3.59. The summed E-state index contributed by atoms with van der Waals surface area (Å²) in [5, 5.41) is 24.7. The lowest BCUT2D eigenvalue weighted by molar-refractivity contribution is -0.121. The maximum atomic E-state index is 11.7. The number of nitrogens with zero attached hydrogens (tertiary/aromatic N) is 4. The summed E-state index contributed by atoms with van der Waals surface area (Å²) >= 11 is 0. The van der Waals surface area contributed by atoms with Crippen LogP contribution in [0.3, 0.4) is 0 Å². The molecule has 0 saturated heterocycles. The van der Waals surface area contributed by atoms with Crippen molar-refractivity contribution in [2.45, 2.75) is 33.1 Å². The quantitative estimate of drug-likeness (QED) is 0.762. The lowest BCUT2D eigenvalue weighted by Crippen LogP contribution is -2.25. The molecule has 0 aliphatic rings. The molecule has 0 spiro atoms. The lowest BCUT2D eigenvalue weighted by Gasteiger charge is -2.11. The summed E-state index contributed by atoms with van der Waals surface area (Å²) in [6.07, 6.45) is 2.97. The standard InChI is InChI=1S/C15H19N5O2/c1-10-13(4-5-14(22)17-6-3-7-21)11(2)20-15(19-10)12(8-16)9-18-20/h9,21H,3-7H2,1-2H3,(H,17,22). The SMILES string of the molecule is Cc1nc2c(C#N)cnn2c(C)c1CCC(=O)NCCCO. The molecule has 0 aliphatic heterocycles. The Kier molecular flexibility index (Phi) is 5.07. The first-order valence-corrected chi connectivity index (χ1v) is 7.20. The van der Waals surface area contributed by atoms with Crippen molar-refractivity contribution in [3.8, 4) is 6.07 Å². The number of carbonyl (C=O) groups excluding carboxylic acids is 1. The van der Waals surface area contributed by atoms with Crippen molar-refractivity contribution in [1.29, 1.82) is 5.26 Å². The van der Waals surface area contributed by atoms with E-state index < -0.39 is 0 Å². The molecule has 2 rings (SSSR count). The van der Waals surface area contributed by atoms with E-state index in [1.165, 1.54) is 6.20 Å². The highest BCUT2D eigenvalue weighted by Crippen LogP contribution is 2.18. The number of rotatable bonds is 6. The molecule has 0 aliphatic carbocycles. The van der Waals surface area contributed by atoms with E-state index >= 15 is 0 Å². The first kappa shape index (κ1) is 15.9. The Labute approximate surface area is 128 Å². The normalized spacial score (nSPS) is 10.6. The van der Waals surface area contributed by atoms with E-state index in [0.717, 1.165) is 17.0 Å². The van der Waals surface area contributed by atoms with Crippen molar-refractivity contribution >= 4 is 11.6 Å². The molecule has 2 N–H and O–H groups in total. The van der Waals surface area contributed by atoms with Gasteiger partial charge in [-0.2, -0.15) is 10.4 Å². The van der Waals surface area contributed by atoms with Crippen LogP contribution in [0.2, 0.25) is 0 Å². The zero-order chi connectivity index (χ0) is 16.1. The maximum Gasteiger partial charge on any atom is 0.220 e. The van der Waals surface area contributed by atoms with Gasteiger partial charge in [-0.25, -0.2) is 9.50 Å². The van der Waals surface area contributed by atoms with Gasteiger partial charge in [0.25, 0.3) is 0 Å². The van der Waals surface area contributed by atoms with Crippen LogP contribution in [0.25, 0.3) is 5.65 Å². The van der Waals surface area contributed by atoms with Crippen LogP contribution in [-0.4, -0.2) is 38.8 Å². The van der Waals surface area contributed by atoms with Crippen LogP contribution in [-0.2, 0) is 11.2 Å². The molecule has 0 atom stereocenters. The van der Waals surface area contributed by atoms with Crippen LogP contribution in [0, 0.1) is 25.2 Å². The van der Waals surface area contributed by atoms with Crippen molar-refractivity contribution in [3.63, 3.8) is 0 Å². The minimum Gasteiger partial charge on any atom is -0.396 e. The smallest absolute Gasteiger partial charge is 0.220 e. The van der Waals surface area contributed by atoms with Crippen molar-refractivity contribution in [3.05, 3.63) is 28.7 Å². The summed E-state index contributed by atoms with van der Waals surface area (Å²) in [5.41, 5.74) is 3.67. The van der Waals surface area contributed by atoms with E-state index in [2.05, 4.69) is 21.5 Å². The van der Waals surface area contributed by atoms with Crippen molar-refractivity contribution < 1.29 is 9.90 Å². The van der Waals surface area contributed by atoms with Gasteiger partial charge >= 0.3 is 0 Å². The number of aliphatic hydroxyl groups excluding tert-OH is 1. The van der Waals surface area contributed by atoms with Crippen LogP contribution in [0.4, 0.5) is 0 Å². The molecule has 0 fully saturated rings. The molecule has 22 heavy (non-hydrogen) atoms. The fourth-order valence-corrected chi connectivity index (χ4v) is 2.39. The topological polar surface area (TPSA) is 103 Å². The molecule has 116 valence electrons. The number of carbonyl (C=O) groups is 1. The molecule has 0 bridgehead atoms. The fourth-order valence-electron chi connectivity index (χ4n) is 2.39. The van der Waals surface area contributed by atoms with Gasteiger partial charge in [0.2, 0.25) is 5.91 Å². The number of nitrogens with one attached hydrogen (secondary N) is 1. The molecule has 2 aromatic rings. The lowest BCUT2D eigenvalue weighted by atomic mass is 10.1. The molecule has 0 saturated carbocycles. The predicted octanol–water partition coefficient (Wildman–Crippen LogP) is 0.649. The Balaban J connectivity index is 2.15. The Morgan fingerprint density at radius 2 is 2.27 bits per heavy atom. The second-order valence-electron chi connectivity index (χ2n) is 5.09. The third kappa shape index (κ3) is 3.23. The highest BCUT2D eigenvalue weighted by molar-refractivity contribution is 5.76. The van der Waals surface area contributed by atoms with E-state index in [1.54, 1.807) is 4.52 Å². The zero-order valence-corrected chi connectivity index (χ0v) is 12.8. The minimum atomic E-state index is -0.0504. The molecular formula is C15H19N5O2. The Hall–Kier alpha value is -2.46. The van der Waals surface area contributed by atoms with Gasteiger partial charge in [-0.15, -0.1) is 0 Å². The number of aromatic nitrogens is 3. The van der Waals surface area contributed by atoms with Gasteiger partial charge < -0.3 is 10.4 Å². The third-order valence-corrected chi connectivity index (χ3v) is 3.59. The van der Waals surface area contributed by atoms with Crippen LogP contribution in [0.5, 0.6) is 0 Å². The summed E-state index contributed by atoms with van der Waals surface area (Å²) in [4.78, 5) is 16.2. The number of fused-ring (bicyclic) bond motifs is 1. The Bertz CT molecular complexity index is 730. The van der Waals surface area contributed by atoms with Crippen LogP contribution in [0.15, 0.2) is 6.20 Å². The summed E-state index contributed by atoms with van der Waals surface area (Å²) in [6.45, 7) is 4.34. The fraction of sp³-hybridized carbons (Fsp3) is 0.467. The minimum absolute atomic E-state index is 0.0504. The van der Waals surface area contributed by atoms with Crippen LogP contribution in [0.1, 0.15) is 35.4 Å². The van der Waals surface area contributed by atoms with Gasteiger partial charge in [-0.3, -0.25) is 4.79 Å². The van der Waals surface area contributed by atoms with Gasteiger partial charge in [0.15, 0.2) is 5.65 Å². The molecule has 2 aromatic heterocycles. The zero-order valence-electron chi connectivity index (χ0n) is 12.8. The van der Waals surface area contributed by atoms with E-state index in [1.807, 2.05) is 13.8 Å². The Morgan fingerprint density at radius 1 is 1.50 bits per heavy atom. The van der Waals surface area contributed by atoms with E-state index in [0.29, 0.717) is 37.0 Å². The average Bonchev–Trinajstić information content (AvgIpc) is 2.90. The largest absolute Gasteiger partial charge is 0.396 e.